The van der Waals surface area contributed by atoms with Crippen molar-refractivity contribution in [1.82, 2.24) is 0 Å². The molecule has 1 aliphatic rings. The highest BCUT2D eigenvalue weighted by Crippen LogP contribution is 2.39. The molecule has 1 aliphatic heterocycles. The van der Waals surface area contributed by atoms with E-state index in [2.05, 4.69) is 5.32 Å². The highest BCUT2D eigenvalue weighted by atomic mass is 35.5. The average Bonchev–Trinajstić information content (AvgIpc) is 2.74. The third-order valence-electron chi connectivity index (χ3n) is 2.80. The summed E-state index contributed by atoms with van der Waals surface area (Å²) in [4.78, 5) is 11.5. The standard InChI is InChI=1S/C13H10ClNO2S/c14-10-4-2-1-3-8(10)12-9-5-6-18-13(9)15-11(16)7-17-12/h1-6,12H,7H2,(H,15,16). The van der Waals surface area contributed by atoms with Crippen LogP contribution in [0.25, 0.3) is 0 Å². The van der Waals surface area contributed by atoms with Gasteiger partial charge in [-0.25, -0.2) is 0 Å². The zero-order valence-corrected chi connectivity index (χ0v) is 10.9. The van der Waals surface area contributed by atoms with Crippen LogP contribution >= 0.6 is 22.9 Å². The minimum absolute atomic E-state index is 0.0390. The van der Waals surface area contributed by atoms with Crippen LogP contribution in [0.3, 0.4) is 0 Å². The molecular weight excluding hydrogens is 270 g/mol. The van der Waals surface area contributed by atoms with Crippen molar-refractivity contribution in [3.05, 3.63) is 51.9 Å². The van der Waals surface area contributed by atoms with Gasteiger partial charge < -0.3 is 10.1 Å². The maximum atomic E-state index is 11.5. The third kappa shape index (κ3) is 2.03. The van der Waals surface area contributed by atoms with Crippen molar-refractivity contribution >= 4 is 33.8 Å². The predicted molar refractivity (Wildman–Crippen MR) is 72.2 cm³/mol. The fourth-order valence-corrected chi connectivity index (χ4v) is 3.05. The Morgan fingerprint density at radius 3 is 2.94 bits per heavy atom. The molecule has 2 heterocycles. The zero-order valence-electron chi connectivity index (χ0n) is 9.35. The summed E-state index contributed by atoms with van der Waals surface area (Å²) in [6, 6.07) is 9.49. The summed E-state index contributed by atoms with van der Waals surface area (Å²) in [5.74, 6) is -0.131. The summed E-state index contributed by atoms with van der Waals surface area (Å²) in [5.41, 5.74) is 1.84. The van der Waals surface area contributed by atoms with E-state index < -0.39 is 0 Å². The van der Waals surface area contributed by atoms with Gasteiger partial charge in [0.05, 0.1) is 0 Å². The van der Waals surface area contributed by atoms with Crippen LogP contribution in [0.2, 0.25) is 5.02 Å². The fraction of sp³-hybridized carbons (Fsp3) is 0.154. The van der Waals surface area contributed by atoms with Gasteiger partial charge in [0.15, 0.2) is 0 Å². The fourth-order valence-electron chi connectivity index (χ4n) is 1.98. The Morgan fingerprint density at radius 1 is 1.28 bits per heavy atom. The van der Waals surface area contributed by atoms with Crippen molar-refractivity contribution in [1.29, 1.82) is 0 Å². The van der Waals surface area contributed by atoms with E-state index in [0.717, 1.165) is 16.1 Å². The van der Waals surface area contributed by atoms with Crippen LogP contribution in [-0.2, 0) is 9.53 Å². The second-order valence-electron chi connectivity index (χ2n) is 3.97. The molecule has 1 N–H and O–H groups in total. The van der Waals surface area contributed by atoms with Gasteiger partial charge in [-0.15, -0.1) is 11.3 Å². The molecule has 1 aromatic carbocycles. The Kier molecular flexibility index (Phi) is 3.07. The van der Waals surface area contributed by atoms with Crippen LogP contribution < -0.4 is 5.32 Å². The van der Waals surface area contributed by atoms with Crippen molar-refractivity contribution in [3.8, 4) is 0 Å². The van der Waals surface area contributed by atoms with E-state index >= 15 is 0 Å². The van der Waals surface area contributed by atoms with Gasteiger partial charge in [-0.2, -0.15) is 0 Å². The van der Waals surface area contributed by atoms with Crippen molar-refractivity contribution in [2.75, 3.05) is 11.9 Å². The Bertz CT molecular complexity index is 596. The summed E-state index contributed by atoms with van der Waals surface area (Å²) in [5, 5.41) is 6.25. The summed E-state index contributed by atoms with van der Waals surface area (Å²) >= 11 is 7.69. The molecular formula is C13H10ClNO2S. The first-order valence-electron chi connectivity index (χ1n) is 5.49. The Hall–Kier alpha value is -1.36. The molecule has 1 amide bonds. The van der Waals surface area contributed by atoms with Gasteiger partial charge in [0, 0.05) is 16.1 Å². The number of fused-ring (bicyclic) bond motifs is 1. The van der Waals surface area contributed by atoms with Crippen LogP contribution in [0, 0.1) is 0 Å². The van der Waals surface area contributed by atoms with Gasteiger partial charge in [0.25, 0.3) is 5.91 Å². The van der Waals surface area contributed by atoms with E-state index in [4.69, 9.17) is 16.3 Å². The zero-order chi connectivity index (χ0) is 12.5. The second kappa shape index (κ2) is 4.72. The molecule has 92 valence electrons. The summed E-state index contributed by atoms with van der Waals surface area (Å²) in [6.07, 6.45) is -0.293. The lowest BCUT2D eigenvalue weighted by Crippen LogP contribution is -2.15. The van der Waals surface area contributed by atoms with E-state index in [1.165, 1.54) is 11.3 Å². The normalized spacial score (nSPS) is 18.9. The maximum absolute atomic E-state index is 11.5. The van der Waals surface area contributed by atoms with Crippen molar-refractivity contribution in [2.24, 2.45) is 0 Å². The number of amides is 1. The molecule has 0 radical (unpaired) electrons. The SMILES string of the molecule is O=C1COC(c2ccccc2Cl)c2ccsc2N1. The number of nitrogens with one attached hydrogen (secondary N) is 1. The van der Waals surface area contributed by atoms with Crippen LogP contribution in [0.15, 0.2) is 35.7 Å². The monoisotopic (exact) mass is 279 g/mol. The number of ether oxygens (including phenoxy) is 1. The quantitative estimate of drug-likeness (QED) is 0.868. The van der Waals surface area contributed by atoms with Gasteiger partial charge in [0.2, 0.25) is 0 Å². The molecule has 0 bridgehead atoms. The van der Waals surface area contributed by atoms with E-state index in [0.29, 0.717) is 5.02 Å². The number of benzene rings is 1. The number of halogens is 1. The minimum Gasteiger partial charge on any atom is -0.359 e. The molecule has 1 atom stereocenters. The van der Waals surface area contributed by atoms with E-state index in [1.807, 2.05) is 35.7 Å². The molecule has 3 nitrogen and oxygen atoms in total. The summed E-state index contributed by atoms with van der Waals surface area (Å²) in [6.45, 7) is 0.0390. The van der Waals surface area contributed by atoms with E-state index in [-0.39, 0.29) is 18.6 Å². The lowest BCUT2D eigenvalue weighted by Gasteiger charge is -2.16. The largest absolute Gasteiger partial charge is 0.359 e. The molecule has 2 aromatic rings. The van der Waals surface area contributed by atoms with Gasteiger partial charge in [0.1, 0.15) is 17.7 Å². The van der Waals surface area contributed by atoms with Gasteiger partial charge in [-0.1, -0.05) is 29.8 Å². The molecule has 0 aliphatic carbocycles. The topological polar surface area (TPSA) is 38.3 Å². The molecule has 1 aromatic heterocycles. The van der Waals surface area contributed by atoms with Crippen molar-refractivity contribution in [2.45, 2.75) is 6.10 Å². The number of anilines is 1. The van der Waals surface area contributed by atoms with Gasteiger partial charge in [-0.3, -0.25) is 4.79 Å². The third-order valence-corrected chi connectivity index (χ3v) is 3.99. The smallest absolute Gasteiger partial charge is 0.251 e. The lowest BCUT2D eigenvalue weighted by atomic mass is 10.0. The maximum Gasteiger partial charge on any atom is 0.251 e. The van der Waals surface area contributed by atoms with E-state index in [1.54, 1.807) is 0 Å². The Labute approximate surface area is 113 Å². The summed E-state index contributed by atoms with van der Waals surface area (Å²) in [7, 11) is 0. The van der Waals surface area contributed by atoms with Gasteiger partial charge in [-0.05, 0) is 17.5 Å². The highest BCUT2D eigenvalue weighted by molar-refractivity contribution is 7.14. The average molecular weight is 280 g/mol. The molecule has 0 fully saturated rings. The Balaban J connectivity index is 2.08. The number of carbonyl (C=O) groups excluding carboxylic acids is 1. The predicted octanol–water partition coefficient (Wildman–Crippen LogP) is 3.46. The first-order valence-corrected chi connectivity index (χ1v) is 6.75. The molecule has 0 spiro atoms. The Morgan fingerprint density at radius 2 is 2.11 bits per heavy atom. The van der Waals surface area contributed by atoms with Crippen LogP contribution in [0.1, 0.15) is 17.2 Å². The number of carbonyl (C=O) groups is 1. The van der Waals surface area contributed by atoms with Crippen LogP contribution in [-0.4, -0.2) is 12.5 Å². The molecule has 5 heteroatoms. The molecule has 18 heavy (non-hydrogen) atoms. The first-order chi connectivity index (χ1) is 8.75. The molecule has 3 rings (SSSR count). The van der Waals surface area contributed by atoms with Crippen LogP contribution in [0.4, 0.5) is 5.00 Å². The van der Waals surface area contributed by atoms with Gasteiger partial charge >= 0.3 is 0 Å². The van der Waals surface area contributed by atoms with Crippen molar-refractivity contribution in [3.63, 3.8) is 0 Å². The molecule has 0 saturated heterocycles. The number of rotatable bonds is 1. The number of hydrogen-bond acceptors (Lipinski definition) is 3. The van der Waals surface area contributed by atoms with Crippen molar-refractivity contribution < 1.29 is 9.53 Å². The highest BCUT2D eigenvalue weighted by Gasteiger charge is 2.26. The summed E-state index contributed by atoms with van der Waals surface area (Å²) < 4.78 is 5.68. The molecule has 0 saturated carbocycles. The molecule has 1 unspecified atom stereocenters. The first kappa shape index (κ1) is 11.7. The second-order valence-corrected chi connectivity index (χ2v) is 5.29. The lowest BCUT2D eigenvalue weighted by molar-refractivity contribution is -0.121. The van der Waals surface area contributed by atoms with Crippen LogP contribution in [0.5, 0.6) is 0 Å². The number of thiophene rings is 1. The minimum atomic E-state index is -0.293. The van der Waals surface area contributed by atoms with E-state index in [9.17, 15) is 4.79 Å². The number of hydrogen-bond donors (Lipinski definition) is 1.